The van der Waals surface area contributed by atoms with Gasteiger partial charge in [-0.1, -0.05) is 12.1 Å². The summed E-state index contributed by atoms with van der Waals surface area (Å²) in [6.45, 7) is 0.119. The fourth-order valence-corrected chi connectivity index (χ4v) is 1.85. The normalized spacial score (nSPS) is 10.8. The van der Waals surface area contributed by atoms with Gasteiger partial charge in [0.1, 0.15) is 0 Å². The third-order valence-corrected chi connectivity index (χ3v) is 3.09. The molecule has 2 aromatic rings. The van der Waals surface area contributed by atoms with Gasteiger partial charge in [0.15, 0.2) is 23.0 Å². The fourth-order valence-electron chi connectivity index (χ4n) is 1.85. The standard InChI is InChI=1S/C17H16O6/c18-13-4-1-11(9-15(13)20)3-6-17(22)23-8-7-12-2-5-14(19)16(21)10-12/h1-6,9-10,18-21H,7-8H2/b6-3+. The Kier molecular flexibility index (Phi) is 5.09. The molecule has 0 spiro atoms. The number of benzene rings is 2. The number of hydrogen-bond acceptors (Lipinski definition) is 6. The Morgan fingerprint density at radius 1 is 0.913 bits per heavy atom. The fraction of sp³-hybridized carbons (Fsp3) is 0.118. The Labute approximate surface area is 132 Å². The highest BCUT2D eigenvalue weighted by atomic mass is 16.5. The van der Waals surface area contributed by atoms with Gasteiger partial charge in [0, 0.05) is 12.5 Å². The van der Waals surface area contributed by atoms with Crippen molar-refractivity contribution in [3.8, 4) is 23.0 Å². The minimum Gasteiger partial charge on any atom is -0.504 e. The first kappa shape index (κ1) is 16.2. The SMILES string of the molecule is O=C(/C=C/c1ccc(O)c(O)c1)OCCc1ccc(O)c(O)c1. The lowest BCUT2D eigenvalue weighted by Crippen LogP contribution is -2.04. The van der Waals surface area contributed by atoms with E-state index in [0.29, 0.717) is 12.0 Å². The van der Waals surface area contributed by atoms with E-state index in [4.69, 9.17) is 4.74 Å². The lowest BCUT2D eigenvalue weighted by molar-refractivity contribution is -0.137. The van der Waals surface area contributed by atoms with Gasteiger partial charge in [-0.2, -0.15) is 0 Å². The van der Waals surface area contributed by atoms with Gasteiger partial charge in [-0.15, -0.1) is 0 Å². The summed E-state index contributed by atoms with van der Waals surface area (Å²) in [7, 11) is 0. The number of ether oxygens (including phenoxy) is 1. The molecular formula is C17H16O6. The predicted octanol–water partition coefficient (Wildman–Crippen LogP) is 2.31. The summed E-state index contributed by atoms with van der Waals surface area (Å²) in [4.78, 5) is 11.6. The van der Waals surface area contributed by atoms with Gasteiger partial charge in [0.2, 0.25) is 0 Å². The first-order chi connectivity index (χ1) is 11.0. The maximum atomic E-state index is 11.6. The van der Waals surface area contributed by atoms with Gasteiger partial charge in [-0.05, 0) is 41.5 Å². The van der Waals surface area contributed by atoms with Crippen LogP contribution < -0.4 is 0 Å². The van der Waals surface area contributed by atoms with E-state index in [1.165, 1.54) is 42.5 Å². The van der Waals surface area contributed by atoms with Gasteiger partial charge in [-0.3, -0.25) is 0 Å². The molecule has 0 saturated heterocycles. The zero-order valence-corrected chi connectivity index (χ0v) is 12.1. The summed E-state index contributed by atoms with van der Waals surface area (Å²) in [5.41, 5.74) is 1.27. The smallest absolute Gasteiger partial charge is 0.330 e. The maximum Gasteiger partial charge on any atom is 0.330 e. The summed E-state index contributed by atoms with van der Waals surface area (Å²) in [5, 5.41) is 37.1. The van der Waals surface area contributed by atoms with Crippen molar-refractivity contribution in [2.24, 2.45) is 0 Å². The number of phenols is 4. The molecule has 0 heterocycles. The van der Waals surface area contributed by atoms with Crippen LogP contribution >= 0.6 is 0 Å². The maximum absolute atomic E-state index is 11.6. The van der Waals surface area contributed by atoms with Crippen molar-refractivity contribution in [2.45, 2.75) is 6.42 Å². The van der Waals surface area contributed by atoms with Gasteiger partial charge in [0.05, 0.1) is 6.61 Å². The number of hydrogen-bond donors (Lipinski definition) is 4. The second kappa shape index (κ2) is 7.22. The predicted molar refractivity (Wildman–Crippen MR) is 83.2 cm³/mol. The Balaban J connectivity index is 1.83. The quantitative estimate of drug-likeness (QED) is 0.383. The lowest BCUT2D eigenvalue weighted by Gasteiger charge is -2.04. The first-order valence-corrected chi connectivity index (χ1v) is 6.83. The van der Waals surface area contributed by atoms with Gasteiger partial charge < -0.3 is 25.2 Å². The minimum absolute atomic E-state index is 0.119. The van der Waals surface area contributed by atoms with Crippen LogP contribution in [0.5, 0.6) is 23.0 Å². The van der Waals surface area contributed by atoms with Crippen LogP contribution in [0, 0.1) is 0 Å². The van der Waals surface area contributed by atoms with Crippen molar-refractivity contribution < 1.29 is 30.0 Å². The molecule has 0 radical (unpaired) electrons. The molecule has 2 aromatic carbocycles. The monoisotopic (exact) mass is 316 g/mol. The second-order valence-electron chi connectivity index (χ2n) is 4.82. The van der Waals surface area contributed by atoms with Crippen molar-refractivity contribution in [3.63, 3.8) is 0 Å². The van der Waals surface area contributed by atoms with E-state index in [2.05, 4.69) is 0 Å². The van der Waals surface area contributed by atoms with Crippen LogP contribution in [0.2, 0.25) is 0 Å². The van der Waals surface area contributed by atoms with Crippen LogP contribution in [-0.2, 0) is 16.0 Å². The molecule has 0 atom stereocenters. The summed E-state index contributed by atoms with van der Waals surface area (Å²) in [6.07, 6.45) is 3.06. The second-order valence-corrected chi connectivity index (χ2v) is 4.82. The van der Waals surface area contributed by atoms with E-state index in [1.54, 1.807) is 6.07 Å². The van der Waals surface area contributed by atoms with Crippen LogP contribution in [-0.4, -0.2) is 33.0 Å². The Bertz CT molecular complexity index is 736. The number of esters is 1. The van der Waals surface area contributed by atoms with Crippen LogP contribution in [0.15, 0.2) is 42.5 Å². The molecule has 0 aliphatic carbocycles. The molecule has 0 aliphatic rings. The largest absolute Gasteiger partial charge is 0.504 e. The summed E-state index contributed by atoms with van der Waals surface area (Å²) in [5.74, 6) is -1.48. The number of phenolic OH excluding ortho intramolecular Hbond substituents is 4. The Morgan fingerprint density at radius 3 is 2.22 bits per heavy atom. The van der Waals surface area contributed by atoms with Crippen molar-refractivity contribution >= 4 is 12.0 Å². The zero-order valence-electron chi connectivity index (χ0n) is 12.1. The van der Waals surface area contributed by atoms with E-state index in [1.807, 2.05) is 0 Å². The molecule has 23 heavy (non-hydrogen) atoms. The molecule has 120 valence electrons. The summed E-state index contributed by atoms with van der Waals surface area (Å²) < 4.78 is 5.01. The number of aromatic hydroxyl groups is 4. The Hall–Kier alpha value is -3.15. The third kappa shape index (κ3) is 4.67. The number of carbonyl (C=O) groups is 1. The molecule has 0 bridgehead atoms. The highest BCUT2D eigenvalue weighted by Gasteiger charge is 2.03. The zero-order chi connectivity index (χ0) is 16.8. The number of carbonyl (C=O) groups excluding carboxylic acids is 1. The summed E-state index contributed by atoms with van der Waals surface area (Å²) >= 11 is 0. The molecule has 6 nitrogen and oxygen atoms in total. The highest BCUT2D eigenvalue weighted by molar-refractivity contribution is 5.87. The van der Waals surface area contributed by atoms with E-state index in [-0.39, 0.29) is 29.6 Å². The van der Waals surface area contributed by atoms with Crippen LogP contribution in [0.25, 0.3) is 6.08 Å². The minimum atomic E-state index is -0.555. The molecule has 0 saturated carbocycles. The van der Waals surface area contributed by atoms with Crippen molar-refractivity contribution in [1.29, 1.82) is 0 Å². The van der Waals surface area contributed by atoms with E-state index in [9.17, 15) is 25.2 Å². The molecule has 6 heteroatoms. The van der Waals surface area contributed by atoms with Crippen molar-refractivity contribution in [3.05, 3.63) is 53.6 Å². The number of rotatable bonds is 5. The van der Waals surface area contributed by atoms with E-state index < -0.39 is 5.97 Å². The lowest BCUT2D eigenvalue weighted by atomic mass is 10.1. The molecule has 0 unspecified atom stereocenters. The van der Waals surface area contributed by atoms with Gasteiger partial charge >= 0.3 is 5.97 Å². The molecule has 0 fully saturated rings. The molecule has 0 aromatic heterocycles. The topological polar surface area (TPSA) is 107 Å². The Morgan fingerprint density at radius 2 is 1.57 bits per heavy atom. The summed E-state index contributed by atoms with van der Waals surface area (Å²) in [6, 6.07) is 8.56. The van der Waals surface area contributed by atoms with Gasteiger partial charge in [0.25, 0.3) is 0 Å². The first-order valence-electron chi connectivity index (χ1n) is 6.83. The molecular weight excluding hydrogens is 300 g/mol. The molecule has 4 N–H and O–H groups in total. The average Bonchev–Trinajstić information content (AvgIpc) is 2.52. The van der Waals surface area contributed by atoms with Crippen molar-refractivity contribution in [2.75, 3.05) is 6.61 Å². The molecule has 2 rings (SSSR count). The van der Waals surface area contributed by atoms with Crippen LogP contribution in [0.4, 0.5) is 0 Å². The molecule has 0 amide bonds. The highest BCUT2D eigenvalue weighted by Crippen LogP contribution is 2.26. The van der Waals surface area contributed by atoms with Crippen LogP contribution in [0.3, 0.4) is 0 Å². The van der Waals surface area contributed by atoms with Crippen LogP contribution in [0.1, 0.15) is 11.1 Å². The van der Waals surface area contributed by atoms with E-state index >= 15 is 0 Å². The van der Waals surface area contributed by atoms with E-state index in [0.717, 1.165) is 5.56 Å². The molecule has 0 aliphatic heterocycles. The third-order valence-electron chi connectivity index (χ3n) is 3.09. The average molecular weight is 316 g/mol. The van der Waals surface area contributed by atoms with Crippen molar-refractivity contribution in [1.82, 2.24) is 0 Å². The van der Waals surface area contributed by atoms with Gasteiger partial charge in [-0.25, -0.2) is 4.79 Å².